The van der Waals surface area contributed by atoms with Crippen LogP contribution < -0.4 is 14.9 Å². The lowest BCUT2D eigenvalue weighted by molar-refractivity contribution is -0.384. The highest BCUT2D eigenvalue weighted by Gasteiger charge is 2.16. The van der Waals surface area contributed by atoms with Crippen LogP contribution in [0.15, 0.2) is 47.6 Å². The SMILES string of the molecule is COc1ccc(CN/N=C\c2cc(C)n(-c3ccc(Cl)c([N+](=O)[O-])c3)c2C)cc1OC. The molecule has 0 saturated carbocycles. The van der Waals surface area contributed by atoms with Crippen LogP contribution in [-0.2, 0) is 6.54 Å². The molecule has 1 aromatic heterocycles. The van der Waals surface area contributed by atoms with Crippen molar-refractivity contribution in [1.82, 2.24) is 9.99 Å². The maximum Gasteiger partial charge on any atom is 0.289 e. The molecule has 9 heteroatoms. The second-order valence-corrected chi connectivity index (χ2v) is 7.24. The molecular weight excluding hydrogens is 420 g/mol. The van der Waals surface area contributed by atoms with E-state index in [0.717, 1.165) is 22.5 Å². The first-order chi connectivity index (χ1) is 14.8. The summed E-state index contributed by atoms with van der Waals surface area (Å²) in [6.45, 7) is 4.38. The molecule has 0 aliphatic rings. The van der Waals surface area contributed by atoms with Gasteiger partial charge in [-0.15, -0.1) is 0 Å². The Kier molecular flexibility index (Phi) is 6.81. The van der Waals surface area contributed by atoms with Gasteiger partial charge in [-0.05, 0) is 49.7 Å². The highest BCUT2D eigenvalue weighted by Crippen LogP contribution is 2.29. The van der Waals surface area contributed by atoms with Gasteiger partial charge in [0.2, 0.25) is 0 Å². The standard InChI is InChI=1S/C22H23ClN4O4/c1-14-9-17(13-25-24-12-16-5-8-21(30-3)22(10-16)31-4)15(2)26(14)18-6-7-19(23)20(11-18)27(28)29/h5-11,13,24H,12H2,1-4H3/b25-13-. The molecule has 0 unspecified atom stereocenters. The number of nitro benzene ring substituents is 1. The molecule has 31 heavy (non-hydrogen) atoms. The van der Waals surface area contributed by atoms with Gasteiger partial charge in [0.15, 0.2) is 11.5 Å². The Bertz CT molecular complexity index is 1140. The fourth-order valence-electron chi connectivity index (χ4n) is 3.34. The zero-order chi connectivity index (χ0) is 22.5. The van der Waals surface area contributed by atoms with Gasteiger partial charge in [0, 0.05) is 23.0 Å². The number of aryl methyl sites for hydroxylation is 1. The molecule has 2 aromatic carbocycles. The minimum absolute atomic E-state index is 0.109. The van der Waals surface area contributed by atoms with Crippen LogP contribution in [-0.4, -0.2) is 29.9 Å². The summed E-state index contributed by atoms with van der Waals surface area (Å²) < 4.78 is 12.5. The van der Waals surface area contributed by atoms with Gasteiger partial charge in [-0.2, -0.15) is 5.10 Å². The van der Waals surface area contributed by atoms with Gasteiger partial charge in [-0.1, -0.05) is 17.7 Å². The third-order valence-corrected chi connectivity index (χ3v) is 5.20. The van der Waals surface area contributed by atoms with Crippen LogP contribution in [0.3, 0.4) is 0 Å². The molecule has 1 heterocycles. The number of benzene rings is 2. The first kappa shape index (κ1) is 22.2. The monoisotopic (exact) mass is 442 g/mol. The molecule has 0 bridgehead atoms. The molecule has 0 fully saturated rings. The molecule has 3 aromatic rings. The summed E-state index contributed by atoms with van der Waals surface area (Å²) >= 11 is 5.94. The first-order valence-corrected chi connectivity index (χ1v) is 9.83. The van der Waals surface area contributed by atoms with Crippen molar-refractivity contribution in [1.29, 1.82) is 0 Å². The Balaban J connectivity index is 1.76. The van der Waals surface area contributed by atoms with E-state index in [1.807, 2.05) is 42.7 Å². The van der Waals surface area contributed by atoms with Gasteiger partial charge in [-0.3, -0.25) is 10.1 Å². The number of hydrazone groups is 1. The number of hydrogen-bond donors (Lipinski definition) is 1. The number of aromatic nitrogens is 1. The van der Waals surface area contributed by atoms with Gasteiger partial charge < -0.3 is 19.5 Å². The molecule has 1 N–H and O–H groups in total. The number of rotatable bonds is 8. The predicted molar refractivity (Wildman–Crippen MR) is 121 cm³/mol. The summed E-state index contributed by atoms with van der Waals surface area (Å²) in [6, 6.07) is 12.4. The summed E-state index contributed by atoms with van der Waals surface area (Å²) in [4.78, 5) is 10.7. The van der Waals surface area contributed by atoms with Gasteiger partial charge in [0.1, 0.15) is 5.02 Å². The summed E-state index contributed by atoms with van der Waals surface area (Å²) in [5.74, 6) is 1.33. The molecule has 0 saturated heterocycles. The zero-order valence-electron chi connectivity index (χ0n) is 17.7. The molecule has 162 valence electrons. The molecule has 0 amide bonds. The van der Waals surface area contributed by atoms with Crippen LogP contribution in [0.2, 0.25) is 5.02 Å². The average molecular weight is 443 g/mol. The number of halogens is 1. The van der Waals surface area contributed by atoms with Crippen LogP contribution in [0.1, 0.15) is 22.5 Å². The lowest BCUT2D eigenvalue weighted by Gasteiger charge is -2.10. The molecular formula is C22H23ClN4O4. The van der Waals surface area contributed by atoms with Crippen molar-refractivity contribution in [2.45, 2.75) is 20.4 Å². The maximum atomic E-state index is 11.2. The van der Waals surface area contributed by atoms with Crippen LogP contribution in [0.25, 0.3) is 5.69 Å². The largest absolute Gasteiger partial charge is 0.493 e. The van der Waals surface area contributed by atoms with Gasteiger partial charge in [0.05, 0.1) is 37.6 Å². The van der Waals surface area contributed by atoms with Crippen molar-refractivity contribution in [2.75, 3.05) is 14.2 Å². The molecule has 3 rings (SSSR count). The maximum absolute atomic E-state index is 11.2. The predicted octanol–water partition coefficient (Wildman–Crippen LogP) is 4.80. The zero-order valence-corrected chi connectivity index (χ0v) is 18.4. The second kappa shape index (κ2) is 9.53. The summed E-state index contributed by atoms with van der Waals surface area (Å²) in [7, 11) is 3.19. The number of nitrogens with one attached hydrogen (secondary N) is 1. The fourth-order valence-corrected chi connectivity index (χ4v) is 3.52. The van der Waals surface area contributed by atoms with Crippen molar-refractivity contribution >= 4 is 23.5 Å². The Morgan fingerprint density at radius 2 is 1.87 bits per heavy atom. The Morgan fingerprint density at radius 1 is 1.13 bits per heavy atom. The van der Waals surface area contributed by atoms with E-state index < -0.39 is 4.92 Å². The lowest BCUT2D eigenvalue weighted by Crippen LogP contribution is -2.06. The second-order valence-electron chi connectivity index (χ2n) is 6.84. The highest BCUT2D eigenvalue weighted by atomic mass is 35.5. The first-order valence-electron chi connectivity index (χ1n) is 9.45. The van der Waals surface area contributed by atoms with E-state index in [4.69, 9.17) is 21.1 Å². The summed E-state index contributed by atoms with van der Waals surface area (Å²) in [6.07, 6.45) is 1.73. The van der Waals surface area contributed by atoms with E-state index in [-0.39, 0.29) is 10.7 Å². The van der Waals surface area contributed by atoms with Gasteiger partial charge in [-0.25, -0.2) is 0 Å². The van der Waals surface area contributed by atoms with Crippen LogP contribution in [0.5, 0.6) is 11.5 Å². The van der Waals surface area contributed by atoms with Crippen molar-refractivity contribution in [2.24, 2.45) is 5.10 Å². The Labute approximate surface area is 185 Å². The van der Waals surface area contributed by atoms with E-state index in [1.165, 1.54) is 12.1 Å². The molecule has 0 radical (unpaired) electrons. The lowest BCUT2D eigenvalue weighted by atomic mass is 10.2. The highest BCUT2D eigenvalue weighted by molar-refractivity contribution is 6.32. The smallest absolute Gasteiger partial charge is 0.289 e. The summed E-state index contributed by atoms with van der Waals surface area (Å²) in [5.41, 5.74) is 7.29. The van der Waals surface area contributed by atoms with Crippen molar-refractivity contribution in [3.8, 4) is 17.2 Å². The van der Waals surface area contributed by atoms with E-state index in [9.17, 15) is 10.1 Å². The van der Waals surface area contributed by atoms with Crippen molar-refractivity contribution < 1.29 is 14.4 Å². The normalized spacial score (nSPS) is 11.0. The minimum Gasteiger partial charge on any atom is -0.493 e. The van der Waals surface area contributed by atoms with E-state index in [0.29, 0.717) is 23.7 Å². The summed E-state index contributed by atoms with van der Waals surface area (Å²) in [5, 5.41) is 15.6. The Hall–Kier alpha value is -3.52. The molecule has 0 aliphatic heterocycles. The molecule has 0 spiro atoms. The van der Waals surface area contributed by atoms with E-state index in [1.54, 1.807) is 26.5 Å². The number of methoxy groups -OCH3 is 2. The molecule has 0 aliphatic carbocycles. The van der Waals surface area contributed by atoms with Crippen LogP contribution in [0, 0.1) is 24.0 Å². The van der Waals surface area contributed by atoms with Crippen molar-refractivity contribution in [3.63, 3.8) is 0 Å². The number of ether oxygens (including phenoxy) is 2. The van der Waals surface area contributed by atoms with Crippen LogP contribution in [0.4, 0.5) is 5.69 Å². The number of nitro groups is 1. The van der Waals surface area contributed by atoms with E-state index >= 15 is 0 Å². The van der Waals surface area contributed by atoms with Crippen LogP contribution >= 0.6 is 11.6 Å². The van der Waals surface area contributed by atoms with Crippen molar-refractivity contribution in [3.05, 3.63) is 80.1 Å². The number of hydrogen-bond acceptors (Lipinski definition) is 6. The molecule has 8 nitrogen and oxygen atoms in total. The minimum atomic E-state index is -0.486. The number of nitrogens with zero attached hydrogens (tertiary/aromatic N) is 3. The Morgan fingerprint density at radius 3 is 2.55 bits per heavy atom. The third kappa shape index (κ3) is 4.80. The topological polar surface area (TPSA) is 90.9 Å². The molecule has 0 atom stereocenters. The van der Waals surface area contributed by atoms with Gasteiger partial charge in [0.25, 0.3) is 5.69 Å². The fraction of sp³-hybridized carbons (Fsp3) is 0.227. The van der Waals surface area contributed by atoms with Gasteiger partial charge >= 0.3 is 0 Å². The third-order valence-electron chi connectivity index (χ3n) is 4.88. The van der Waals surface area contributed by atoms with E-state index in [2.05, 4.69) is 10.5 Å². The quantitative estimate of drug-likeness (QED) is 0.307. The average Bonchev–Trinajstić information content (AvgIpc) is 3.04.